The molecule has 1 N–H and O–H groups in total. The van der Waals surface area contributed by atoms with Crippen LogP contribution in [0.2, 0.25) is 0 Å². The number of rotatable bonds is 9. The van der Waals surface area contributed by atoms with Crippen LogP contribution in [-0.4, -0.2) is 52.9 Å². The maximum absolute atomic E-state index is 12.5. The Morgan fingerprint density at radius 2 is 1.79 bits per heavy atom. The van der Waals surface area contributed by atoms with E-state index in [0.717, 1.165) is 16.9 Å². The minimum Gasteiger partial charge on any atom is -0.497 e. The topological polar surface area (TPSA) is 108 Å². The first-order chi connectivity index (χ1) is 16.6. The van der Waals surface area contributed by atoms with E-state index in [9.17, 15) is 4.79 Å². The van der Waals surface area contributed by atoms with Crippen LogP contribution in [0.3, 0.4) is 0 Å². The Hall–Kier alpha value is -3.92. The molecule has 0 atom stereocenters. The molecule has 4 rings (SSSR count). The van der Waals surface area contributed by atoms with Crippen molar-refractivity contribution in [2.45, 2.75) is 11.6 Å². The Kier molecular flexibility index (Phi) is 7.38. The Morgan fingerprint density at radius 3 is 2.53 bits per heavy atom. The van der Waals surface area contributed by atoms with Crippen LogP contribution in [0.1, 0.15) is 5.56 Å². The van der Waals surface area contributed by atoms with Crippen molar-refractivity contribution in [2.24, 2.45) is 0 Å². The highest BCUT2D eigenvalue weighted by Gasteiger charge is 2.13. The molecule has 2 aromatic carbocycles. The number of nitrogens with one attached hydrogen (secondary N) is 1. The first-order valence-electron chi connectivity index (χ1n) is 10.3. The van der Waals surface area contributed by atoms with Crippen LogP contribution >= 0.6 is 11.8 Å². The lowest BCUT2D eigenvalue weighted by molar-refractivity contribution is -0.118. The van der Waals surface area contributed by atoms with E-state index in [1.807, 2.05) is 42.5 Å². The molecule has 0 bridgehead atoms. The maximum atomic E-state index is 12.5. The maximum Gasteiger partial charge on any atom is 0.230 e. The van der Waals surface area contributed by atoms with Gasteiger partial charge in [0.15, 0.2) is 23.0 Å². The second kappa shape index (κ2) is 10.8. The zero-order valence-electron chi connectivity index (χ0n) is 18.9. The van der Waals surface area contributed by atoms with Crippen LogP contribution in [0.5, 0.6) is 17.2 Å². The molecule has 0 aliphatic heterocycles. The number of carbonyl (C=O) groups excluding carboxylic acids is 1. The molecule has 0 fully saturated rings. The average molecular weight is 478 g/mol. The fraction of sp³-hybridized carbons (Fsp3) is 0.208. The van der Waals surface area contributed by atoms with E-state index in [1.54, 1.807) is 27.5 Å². The van der Waals surface area contributed by atoms with Crippen molar-refractivity contribution in [1.82, 2.24) is 25.3 Å². The number of para-hydroxylation sites is 1. The van der Waals surface area contributed by atoms with E-state index >= 15 is 0 Å². The second-order valence-electron chi connectivity index (χ2n) is 7.06. The smallest absolute Gasteiger partial charge is 0.230 e. The number of ether oxygens (including phenoxy) is 3. The van der Waals surface area contributed by atoms with Gasteiger partial charge in [-0.05, 0) is 30.3 Å². The summed E-state index contributed by atoms with van der Waals surface area (Å²) >= 11 is 1.30. The number of benzene rings is 2. The molecule has 0 aliphatic carbocycles. The summed E-state index contributed by atoms with van der Waals surface area (Å²) < 4.78 is 15.9. The zero-order chi connectivity index (χ0) is 23.9. The van der Waals surface area contributed by atoms with Crippen LogP contribution in [0, 0.1) is 0 Å². The molecule has 34 heavy (non-hydrogen) atoms. The van der Waals surface area contributed by atoms with Crippen LogP contribution in [-0.2, 0) is 11.3 Å². The van der Waals surface area contributed by atoms with E-state index in [1.165, 1.54) is 18.1 Å². The number of methoxy groups -OCH3 is 3. The van der Waals surface area contributed by atoms with E-state index in [-0.39, 0.29) is 11.7 Å². The quantitative estimate of drug-likeness (QED) is 0.286. The van der Waals surface area contributed by atoms with E-state index in [0.29, 0.717) is 39.9 Å². The number of carbonyl (C=O) groups is 1. The summed E-state index contributed by atoms with van der Waals surface area (Å²) in [5.41, 5.74) is 2.19. The molecule has 4 aromatic rings. The summed E-state index contributed by atoms with van der Waals surface area (Å²) in [5.74, 6) is 2.56. The normalized spacial score (nSPS) is 10.7. The molecule has 0 saturated heterocycles. The molecule has 0 aliphatic rings. The minimum absolute atomic E-state index is 0.141. The Labute approximate surface area is 200 Å². The van der Waals surface area contributed by atoms with Crippen molar-refractivity contribution in [2.75, 3.05) is 27.1 Å². The SMILES string of the molecule is COc1ccc(-c2ncc3c(SCC(=O)NCc4cccc(OC)c4OC)ncnc3n2)cc1. The Bertz CT molecular complexity index is 1300. The van der Waals surface area contributed by atoms with Gasteiger partial charge in [0.2, 0.25) is 5.91 Å². The standard InChI is InChI=1S/C24H23N5O4S/c1-31-17-9-7-15(8-10-17)22-26-12-18-23(29-22)27-14-28-24(18)34-13-20(30)25-11-16-5-4-6-19(32-2)21(16)33-3/h4-10,12,14H,11,13H2,1-3H3,(H,25,30). The van der Waals surface area contributed by atoms with Gasteiger partial charge in [0, 0.05) is 23.9 Å². The second-order valence-corrected chi connectivity index (χ2v) is 8.02. The third-order valence-corrected chi connectivity index (χ3v) is 6.01. The number of thioether (sulfide) groups is 1. The summed E-state index contributed by atoms with van der Waals surface area (Å²) in [6.45, 7) is 0.318. The Morgan fingerprint density at radius 1 is 0.971 bits per heavy atom. The summed E-state index contributed by atoms with van der Waals surface area (Å²) in [6.07, 6.45) is 3.12. The number of aromatic nitrogens is 4. The highest BCUT2D eigenvalue weighted by Crippen LogP contribution is 2.30. The molecule has 174 valence electrons. The molecule has 0 unspecified atom stereocenters. The zero-order valence-corrected chi connectivity index (χ0v) is 19.8. The van der Waals surface area contributed by atoms with Crippen LogP contribution < -0.4 is 19.5 Å². The van der Waals surface area contributed by atoms with Crippen molar-refractivity contribution >= 4 is 28.7 Å². The van der Waals surface area contributed by atoms with Gasteiger partial charge in [-0.3, -0.25) is 4.79 Å². The largest absolute Gasteiger partial charge is 0.497 e. The average Bonchev–Trinajstić information content (AvgIpc) is 2.89. The van der Waals surface area contributed by atoms with Crippen molar-refractivity contribution in [3.05, 3.63) is 60.6 Å². The van der Waals surface area contributed by atoms with Gasteiger partial charge in [0.25, 0.3) is 0 Å². The third kappa shape index (κ3) is 5.18. The number of hydrogen-bond donors (Lipinski definition) is 1. The van der Waals surface area contributed by atoms with Crippen molar-refractivity contribution < 1.29 is 19.0 Å². The molecular weight excluding hydrogens is 454 g/mol. The fourth-order valence-corrected chi connectivity index (χ4v) is 4.08. The highest BCUT2D eigenvalue weighted by molar-refractivity contribution is 8.00. The molecule has 0 radical (unpaired) electrons. The van der Waals surface area contributed by atoms with E-state index in [2.05, 4.69) is 25.3 Å². The number of fused-ring (bicyclic) bond motifs is 1. The highest BCUT2D eigenvalue weighted by atomic mass is 32.2. The number of amides is 1. The van der Waals surface area contributed by atoms with E-state index < -0.39 is 0 Å². The molecule has 2 heterocycles. The van der Waals surface area contributed by atoms with Gasteiger partial charge in [0.1, 0.15) is 17.1 Å². The monoisotopic (exact) mass is 477 g/mol. The van der Waals surface area contributed by atoms with Crippen molar-refractivity contribution in [1.29, 1.82) is 0 Å². The van der Waals surface area contributed by atoms with Crippen molar-refractivity contribution in [3.8, 4) is 28.6 Å². The van der Waals surface area contributed by atoms with Gasteiger partial charge in [-0.2, -0.15) is 0 Å². The number of nitrogens with zero attached hydrogens (tertiary/aromatic N) is 4. The third-order valence-electron chi connectivity index (χ3n) is 5.00. The summed E-state index contributed by atoms with van der Waals surface area (Å²) in [6, 6.07) is 13.0. The molecule has 9 nitrogen and oxygen atoms in total. The summed E-state index contributed by atoms with van der Waals surface area (Å²) in [7, 11) is 4.77. The minimum atomic E-state index is -0.141. The predicted molar refractivity (Wildman–Crippen MR) is 129 cm³/mol. The van der Waals surface area contributed by atoms with Gasteiger partial charge < -0.3 is 19.5 Å². The molecule has 2 aromatic heterocycles. The van der Waals surface area contributed by atoms with Crippen LogP contribution in [0.4, 0.5) is 0 Å². The van der Waals surface area contributed by atoms with Gasteiger partial charge in [-0.25, -0.2) is 19.9 Å². The molecule has 0 spiro atoms. The lowest BCUT2D eigenvalue weighted by atomic mass is 10.2. The number of hydrogen-bond acceptors (Lipinski definition) is 9. The Balaban J connectivity index is 1.42. The molecule has 0 saturated carbocycles. The van der Waals surface area contributed by atoms with Crippen molar-refractivity contribution in [3.63, 3.8) is 0 Å². The van der Waals surface area contributed by atoms with Gasteiger partial charge in [-0.1, -0.05) is 23.9 Å². The molecule has 10 heteroatoms. The molecular formula is C24H23N5O4S. The summed E-state index contributed by atoms with van der Waals surface area (Å²) in [5, 5.41) is 4.23. The fourth-order valence-electron chi connectivity index (χ4n) is 3.29. The molecule has 1 amide bonds. The first kappa shape index (κ1) is 23.2. The predicted octanol–water partition coefficient (Wildman–Crippen LogP) is 3.52. The lowest BCUT2D eigenvalue weighted by Gasteiger charge is -2.13. The van der Waals surface area contributed by atoms with Crippen LogP contribution in [0.25, 0.3) is 22.4 Å². The van der Waals surface area contributed by atoms with Gasteiger partial charge in [0.05, 0.1) is 32.5 Å². The first-order valence-corrected chi connectivity index (χ1v) is 11.3. The van der Waals surface area contributed by atoms with Gasteiger partial charge in [-0.15, -0.1) is 0 Å². The summed E-state index contributed by atoms with van der Waals surface area (Å²) in [4.78, 5) is 30.1. The lowest BCUT2D eigenvalue weighted by Crippen LogP contribution is -2.24. The van der Waals surface area contributed by atoms with Gasteiger partial charge >= 0.3 is 0 Å². The van der Waals surface area contributed by atoms with Crippen LogP contribution in [0.15, 0.2) is 60.0 Å². The van der Waals surface area contributed by atoms with E-state index in [4.69, 9.17) is 14.2 Å².